The Balaban J connectivity index is 1.56. The zero-order chi connectivity index (χ0) is 23.2. The highest BCUT2D eigenvalue weighted by Gasteiger charge is 2.20. The first kappa shape index (κ1) is 20.6. The average Bonchev–Trinajstić information content (AvgIpc) is 3.58. The molecule has 6 nitrogen and oxygen atoms in total. The second-order valence-electron chi connectivity index (χ2n) is 8.99. The third-order valence-corrected chi connectivity index (χ3v) is 6.72. The summed E-state index contributed by atoms with van der Waals surface area (Å²) in [6, 6.07) is 14.9. The van der Waals surface area contributed by atoms with Crippen molar-refractivity contribution in [3.8, 4) is 28.5 Å². The van der Waals surface area contributed by atoms with Crippen molar-refractivity contribution < 1.29 is 4.39 Å². The van der Waals surface area contributed by atoms with Crippen LogP contribution >= 0.6 is 0 Å². The fraction of sp³-hybridized carbons (Fsp3) is 0.222. The third kappa shape index (κ3) is 3.44. The van der Waals surface area contributed by atoms with Crippen LogP contribution in [0.1, 0.15) is 12.0 Å². The molecular formula is C27H23FN6. The summed E-state index contributed by atoms with van der Waals surface area (Å²) in [6.45, 7) is 2.99. The Morgan fingerprint density at radius 3 is 2.85 bits per heavy atom. The number of aromatic nitrogens is 4. The molecule has 1 atom stereocenters. The lowest BCUT2D eigenvalue weighted by molar-refractivity contribution is 0.491. The van der Waals surface area contributed by atoms with Crippen molar-refractivity contribution in [3.63, 3.8) is 0 Å². The van der Waals surface area contributed by atoms with E-state index in [1.165, 1.54) is 6.07 Å². The molecule has 34 heavy (non-hydrogen) atoms. The zero-order valence-corrected chi connectivity index (χ0v) is 18.8. The van der Waals surface area contributed by atoms with Crippen molar-refractivity contribution in [2.24, 2.45) is 13.0 Å². The fourth-order valence-electron chi connectivity index (χ4n) is 5.03. The SMILES string of the molecule is Cn1cc2cc(-c3ncc4c(ccn4CC4CCNC4)c3-c3ccc(C#N)c(F)c3)ccc2n1. The van der Waals surface area contributed by atoms with Crippen LogP contribution in [0, 0.1) is 23.1 Å². The van der Waals surface area contributed by atoms with E-state index >= 15 is 0 Å². The molecule has 0 spiro atoms. The monoisotopic (exact) mass is 450 g/mol. The molecule has 168 valence electrons. The Kier molecular flexibility index (Phi) is 4.89. The van der Waals surface area contributed by atoms with Crippen molar-refractivity contribution in [1.82, 2.24) is 24.6 Å². The predicted molar refractivity (Wildman–Crippen MR) is 131 cm³/mol. The van der Waals surface area contributed by atoms with Crippen LogP contribution in [0.5, 0.6) is 0 Å². The molecule has 6 rings (SSSR count). The minimum Gasteiger partial charge on any atom is -0.346 e. The molecule has 0 bridgehead atoms. The van der Waals surface area contributed by atoms with Gasteiger partial charge in [0.05, 0.1) is 28.5 Å². The van der Waals surface area contributed by atoms with Gasteiger partial charge in [-0.1, -0.05) is 12.1 Å². The summed E-state index contributed by atoms with van der Waals surface area (Å²) in [5.41, 5.74) is 5.27. The van der Waals surface area contributed by atoms with Gasteiger partial charge in [-0.15, -0.1) is 0 Å². The molecule has 1 saturated heterocycles. The number of aryl methyl sites for hydroxylation is 1. The minimum atomic E-state index is -0.526. The molecule has 1 fully saturated rings. The smallest absolute Gasteiger partial charge is 0.141 e. The summed E-state index contributed by atoms with van der Waals surface area (Å²) in [7, 11) is 1.90. The van der Waals surface area contributed by atoms with E-state index in [4.69, 9.17) is 4.98 Å². The number of rotatable bonds is 4. The second-order valence-corrected chi connectivity index (χ2v) is 8.99. The van der Waals surface area contributed by atoms with Crippen molar-refractivity contribution >= 4 is 21.8 Å². The number of fused-ring (bicyclic) bond motifs is 2. The van der Waals surface area contributed by atoms with Gasteiger partial charge in [-0.25, -0.2) is 4.39 Å². The van der Waals surface area contributed by atoms with E-state index in [-0.39, 0.29) is 5.56 Å². The minimum absolute atomic E-state index is 0.0357. The van der Waals surface area contributed by atoms with Crippen molar-refractivity contribution in [1.29, 1.82) is 5.26 Å². The van der Waals surface area contributed by atoms with Crippen LogP contribution < -0.4 is 5.32 Å². The lowest BCUT2D eigenvalue weighted by Crippen LogP contribution is -2.14. The number of hydrogen-bond acceptors (Lipinski definition) is 4. The Hall–Kier alpha value is -4.02. The van der Waals surface area contributed by atoms with Crippen LogP contribution in [0.3, 0.4) is 0 Å². The molecule has 4 heterocycles. The van der Waals surface area contributed by atoms with Gasteiger partial charge in [-0.2, -0.15) is 10.4 Å². The number of benzene rings is 2. The first-order valence-corrected chi connectivity index (χ1v) is 11.4. The van der Waals surface area contributed by atoms with Crippen molar-refractivity contribution in [2.45, 2.75) is 13.0 Å². The van der Waals surface area contributed by atoms with Crippen LogP contribution in [0.25, 0.3) is 44.2 Å². The standard InChI is InChI=1S/C27H23FN6/c1-33-16-21-10-19(4-5-24(21)32-33)27-26(18-2-3-20(12-29)23(28)11-18)22-7-9-34(25(22)14-31-27)15-17-6-8-30-13-17/h2-5,7,9-11,14,16-17,30H,6,8,13,15H2,1H3. The van der Waals surface area contributed by atoms with Crippen LogP contribution in [0.2, 0.25) is 0 Å². The lowest BCUT2D eigenvalue weighted by Gasteiger charge is -2.14. The first-order valence-electron chi connectivity index (χ1n) is 11.4. The molecule has 1 aliphatic heterocycles. The largest absolute Gasteiger partial charge is 0.346 e. The summed E-state index contributed by atoms with van der Waals surface area (Å²) >= 11 is 0. The van der Waals surface area contributed by atoms with Gasteiger partial charge in [-0.3, -0.25) is 9.67 Å². The van der Waals surface area contributed by atoms with Gasteiger partial charge in [0.2, 0.25) is 0 Å². The van der Waals surface area contributed by atoms with Gasteiger partial charge < -0.3 is 9.88 Å². The summed E-state index contributed by atoms with van der Waals surface area (Å²) in [6.07, 6.45) is 7.15. The fourth-order valence-corrected chi connectivity index (χ4v) is 5.03. The molecule has 0 radical (unpaired) electrons. The molecule has 0 aliphatic carbocycles. The predicted octanol–water partition coefficient (Wildman–Crippen LogP) is 4.88. The highest BCUT2D eigenvalue weighted by molar-refractivity contribution is 6.02. The number of nitrogens with zero attached hydrogens (tertiary/aromatic N) is 5. The Bertz CT molecular complexity index is 1580. The van der Waals surface area contributed by atoms with Gasteiger partial charge in [0.25, 0.3) is 0 Å². The van der Waals surface area contributed by atoms with Gasteiger partial charge in [0.1, 0.15) is 11.9 Å². The maximum absolute atomic E-state index is 14.7. The zero-order valence-electron chi connectivity index (χ0n) is 18.8. The van der Waals surface area contributed by atoms with Crippen LogP contribution in [0.15, 0.2) is 61.1 Å². The number of nitriles is 1. The topological polar surface area (TPSA) is 71.5 Å². The normalized spacial score (nSPS) is 15.9. The Labute approximate surface area is 196 Å². The highest BCUT2D eigenvalue weighted by Crippen LogP contribution is 2.38. The average molecular weight is 451 g/mol. The Morgan fingerprint density at radius 2 is 2.06 bits per heavy atom. The summed E-state index contributed by atoms with van der Waals surface area (Å²) in [5.74, 6) is 0.0567. The van der Waals surface area contributed by atoms with E-state index in [0.29, 0.717) is 11.5 Å². The van der Waals surface area contributed by atoms with Gasteiger partial charge in [0.15, 0.2) is 0 Å². The van der Waals surface area contributed by atoms with E-state index in [1.54, 1.807) is 10.7 Å². The summed E-state index contributed by atoms with van der Waals surface area (Å²) in [5, 5.41) is 19.1. The molecule has 3 aromatic heterocycles. The van der Waals surface area contributed by atoms with Crippen LogP contribution in [-0.4, -0.2) is 32.4 Å². The van der Waals surface area contributed by atoms with E-state index in [0.717, 1.165) is 64.7 Å². The summed E-state index contributed by atoms with van der Waals surface area (Å²) < 4.78 is 18.7. The molecule has 5 aromatic rings. The molecule has 1 aliphatic rings. The first-order chi connectivity index (χ1) is 16.6. The molecule has 7 heteroatoms. The van der Waals surface area contributed by atoms with Crippen LogP contribution in [0.4, 0.5) is 4.39 Å². The number of hydrogen-bond donors (Lipinski definition) is 1. The van der Waals surface area contributed by atoms with Crippen molar-refractivity contribution in [2.75, 3.05) is 13.1 Å². The molecule has 0 amide bonds. The van der Waals surface area contributed by atoms with E-state index < -0.39 is 5.82 Å². The maximum Gasteiger partial charge on any atom is 0.141 e. The highest BCUT2D eigenvalue weighted by atomic mass is 19.1. The van der Waals surface area contributed by atoms with Gasteiger partial charge in [-0.05, 0) is 61.3 Å². The van der Waals surface area contributed by atoms with E-state index in [2.05, 4.69) is 33.3 Å². The molecule has 1 N–H and O–H groups in total. The molecular weight excluding hydrogens is 427 g/mol. The van der Waals surface area contributed by atoms with Gasteiger partial charge in [0, 0.05) is 47.9 Å². The second kappa shape index (κ2) is 8.08. The summed E-state index contributed by atoms with van der Waals surface area (Å²) in [4.78, 5) is 4.90. The van der Waals surface area contributed by atoms with Crippen molar-refractivity contribution in [3.05, 3.63) is 72.4 Å². The third-order valence-electron chi connectivity index (χ3n) is 6.72. The quantitative estimate of drug-likeness (QED) is 0.424. The van der Waals surface area contributed by atoms with Gasteiger partial charge >= 0.3 is 0 Å². The lowest BCUT2D eigenvalue weighted by atomic mass is 9.95. The molecule has 1 unspecified atom stereocenters. The number of halogens is 1. The van der Waals surface area contributed by atoms with E-state index in [1.807, 2.05) is 43.7 Å². The molecule has 2 aromatic carbocycles. The van der Waals surface area contributed by atoms with Crippen LogP contribution in [-0.2, 0) is 13.6 Å². The molecule has 0 saturated carbocycles. The Morgan fingerprint density at radius 1 is 1.18 bits per heavy atom. The number of pyridine rings is 1. The van der Waals surface area contributed by atoms with E-state index in [9.17, 15) is 9.65 Å². The maximum atomic E-state index is 14.7. The number of nitrogens with one attached hydrogen (secondary N) is 1.